The van der Waals surface area contributed by atoms with Crippen molar-refractivity contribution in [2.75, 3.05) is 19.0 Å². The molecule has 0 aromatic heterocycles. The zero-order valence-corrected chi connectivity index (χ0v) is 16.1. The highest BCUT2D eigenvalue weighted by Crippen LogP contribution is 2.11. The number of esters is 1. The number of anilines is 1. The van der Waals surface area contributed by atoms with Gasteiger partial charge in [0, 0.05) is 12.2 Å². The Bertz CT molecular complexity index is 479. The molecule has 0 saturated carbocycles. The lowest BCUT2D eigenvalue weighted by atomic mass is 10.1. The fraction of sp³-hybridized carbons (Fsp3) is 0.591. The third kappa shape index (κ3) is 10.6. The summed E-state index contributed by atoms with van der Waals surface area (Å²) < 4.78 is 4.69. The van der Waals surface area contributed by atoms with Crippen LogP contribution in [0.15, 0.2) is 36.4 Å². The highest BCUT2D eigenvalue weighted by Gasteiger charge is 2.03. The van der Waals surface area contributed by atoms with Gasteiger partial charge in [-0.1, -0.05) is 57.6 Å². The average molecular weight is 346 g/mol. The van der Waals surface area contributed by atoms with Gasteiger partial charge in [0.15, 0.2) is 0 Å². The second-order valence-electron chi connectivity index (χ2n) is 6.52. The Kier molecular flexibility index (Phi) is 12.4. The third-order valence-electron chi connectivity index (χ3n) is 4.32. The molecule has 1 rings (SSSR count). The number of unbranched alkanes of at least 4 members (excludes halogenated alkanes) is 8. The molecule has 0 saturated heterocycles. The van der Waals surface area contributed by atoms with Crippen LogP contribution in [0.2, 0.25) is 0 Å². The lowest BCUT2D eigenvalue weighted by molar-refractivity contribution is 0.0601. The highest BCUT2D eigenvalue weighted by molar-refractivity contribution is 5.89. The maximum absolute atomic E-state index is 11.4. The molecule has 0 fully saturated rings. The van der Waals surface area contributed by atoms with Gasteiger partial charge in [0.05, 0.1) is 12.7 Å². The number of allylic oxidation sites excluding steroid dienone is 2. The van der Waals surface area contributed by atoms with Crippen LogP contribution in [0.1, 0.15) is 81.5 Å². The topological polar surface area (TPSA) is 38.3 Å². The van der Waals surface area contributed by atoms with E-state index >= 15 is 0 Å². The molecule has 0 bridgehead atoms. The van der Waals surface area contributed by atoms with Crippen molar-refractivity contribution in [3.05, 3.63) is 42.0 Å². The minimum atomic E-state index is -0.294. The van der Waals surface area contributed by atoms with E-state index in [1.165, 1.54) is 58.5 Å². The second kappa shape index (κ2) is 14.6. The molecule has 0 aliphatic rings. The van der Waals surface area contributed by atoms with Gasteiger partial charge in [-0.2, -0.15) is 0 Å². The molecule has 3 heteroatoms. The quantitative estimate of drug-likeness (QED) is 0.242. The second-order valence-corrected chi connectivity index (χ2v) is 6.52. The van der Waals surface area contributed by atoms with E-state index in [-0.39, 0.29) is 5.97 Å². The van der Waals surface area contributed by atoms with Crippen molar-refractivity contribution < 1.29 is 9.53 Å². The van der Waals surface area contributed by atoms with Crippen LogP contribution in [0.25, 0.3) is 0 Å². The van der Waals surface area contributed by atoms with Crippen LogP contribution >= 0.6 is 0 Å². The number of hydrogen-bond donors (Lipinski definition) is 1. The van der Waals surface area contributed by atoms with Gasteiger partial charge in [-0.3, -0.25) is 0 Å². The van der Waals surface area contributed by atoms with Crippen LogP contribution in [0.4, 0.5) is 5.69 Å². The minimum Gasteiger partial charge on any atom is -0.465 e. The predicted molar refractivity (Wildman–Crippen MR) is 107 cm³/mol. The normalized spacial score (nSPS) is 11.0. The SMILES string of the molecule is CCCCCCCCCC=CCCCNc1ccc(C(=O)OC)cc1. The number of benzene rings is 1. The molecule has 0 amide bonds. The fourth-order valence-electron chi connectivity index (χ4n) is 2.75. The predicted octanol–water partition coefficient (Wildman–Crippen LogP) is 6.36. The molecule has 0 spiro atoms. The Labute approximate surface area is 153 Å². The van der Waals surface area contributed by atoms with Crippen LogP contribution in [0.5, 0.6) is 0 Å². The number of rotatable bonds is 14. The van der Waals surface area contributed by atoms with Crippen LogP contribution in [0, 0.1) is 0 Å². The van der Waals surface area contributed by atoms with E-state index in [9.17, 15) is 4.79 Å². The Balaban J connectivity index is 1.98. The van der Waals surface area contributed by atoms with E-state index in [1.807, 2.05) is 12.1 Å². The Morgan fingerprint density at radius 3 is 2.16 bits per heavy atom. The molecular weight excluding hydrogens is 310 g/mol. The Morgan fingerprint density at radius 2 is 1.52 bits per heavy atom. The molecule has 1 aromatic rings. The summed E-state index contributed by atoms with van der Waals surface area (Å²) in [5.74, 6) is -0.294. The smallest absolute Gasteiger partial charge is 0.337 e. The van der Waals surface area contributed by atoms with Crippen molar-refractivity contribution in [3.8, 4) is 0 Å². The Hall–Kier alpha value is -1.77. The first-order chi connectivity index (χ1) is 12.3. The lowest BCUT2D eigenvalue weighted by Crippen LogP contribution is -2.03. The van der Waals surface area contributed by atoms with Crippen LogP contribution in [0.3, 0.4) is 0 Å². The monoisotopic (exact) mass is 345 g/mol. The van der Waals surface area contributed by atoms with Gasteiger partial charge in [0.2, 0.25) is 0 Å². The first kappa shape index (κ1) is 21.3. The lowest BCUT2D eigenvalue weighted by Gasteiger charge is -2.06. The summed E-state index contributed by atoms with van der Waals surface area (Å²) in [4.78, 5) is 11.4. The molecule has 0 aliphatic carbocycles. The molecule has 0 unspecified atom stereocenters. The largest absolute Gasteiger partial charge is 0.465 e. The first-order valence-corrected chi connectivity index (χ1v) is 9.85. The molecular formula is C22H35NO2. The molecule has 140 valence electrons. The molecule has 1 aromatic carbocycles. The van der Waals surface area contributed by atoms with Crippen molar-refractivity contribution in [2.45, 2.75) is 71.1 Å². The highest BCUT2D eigenvalue weighted by atomic mass is 16.5. The maximum Gasteiger partial charge on any atom is 0.337 e. The van der Waals surface area contributed by atoms with Gasteiger partial charge in [0.1, 0.15) is 0 Å². The maximum atomic E-state index is 11.4. The van der Waals surface area contributed by atoms with Gasteiger partial charge < -0.3 is 10.1 Å². The van der Waals surface area contributed by atoms with E-state index in [4.69, 9.17) is 4.74 Å². The van der Waals surface area contributed by atoms with Crippen molar-refractivity contribution in [3.63, 3.8) is 0 Å². The molecule has 0 heterocycles. The molecule has 0 atom stereocenters. The van der Waals surface area contributed by atoms with Gasteiger partial charge >= 0.3 is 5.97 Å². The van der Waals surface area contributed by atoms with Crippen LogP contribution < -0.4 is 5.32 Å². The minimum absolute atomic E-state index is 0.294. The summed E-state index contributed by atoms with van der Waals surface area (Å²) >= 11 is 0. The zero-order valence-electron chi connectivity index (χ0n) is 16.1. The van der Waals surface area contributed by atoms with E-state index < -0.39 is 0 Å². The summed E-state index contributed by atoms with van der Waals surface area (Å²) in [5, 5.41) is 3.38. The summed E-state index contributed by atoms with van der Waals surface area (Å²) in [6.45, 7) is 3.21. The van der Waals surface area contributed by atoms with Crippen molar-refractivity contribution in [1.82, 2.24) is 0 Å². The number of nitrogens with one attached hydrogen (secondary N) is 1. The summed E-state index contributed by atoms with van der Waals surface area (Å²) in [5.41, 5.74) is 1.63. The molecule has 25 heavy (non-hydrogen) atoms. The van der Waals surface area contributed by atoms with Gasteiger partial charge in [-0.15, -0.1) is 0 Å². The third-order valence-corrected chi connectivity index (χ3v) is 4.32. The van der Waals surface area contributed by atoms with Crippen LogP contribution in [-0.4, -0.2) is 19.6 Å². The number of carbonyl (C=O) groups excluding carboxylic acids is 1. The van der Waals surface area contributed by atoms with Crippen molar-refractivity contribution in [2.24, 2.45) is 0 Å². The van der Waals surface area contributed by atoms with Crippen molar-refractivity contribution >= 4 is 11.7 Å². The summed E-state index contributed by atoms with van der Waals surface area (Å²) in [6.07, 6.45) is 17.7. The Morgan fingerprint density at radius 1 is 0.920 bits per heavy atom. The van der Waals surface area contributed by atoms with Crippen molar-refractivity contribution in [1.29, 1.82) is 0 Å². The molecule has 0 radical (unpaired) electrons. The van der Waals surface area contributed by atoms with Crippen LogP contribution in [-0.2, 0) is 4.74 Å². The summed E-state index contributed by atoms with van der Waals surface area (Å²) in [7, 11) is 1.40. The standard InChI is InChI=1S/C22H35NO2/c1-3-4-5-6-7-8-9-10-11-12-13-14-19-23-21-17-15-20(16-18-21)22(24)25-2/h11-12,15-18,23H,3-10,13-14,19H2,1-2H3. The van der Waals surface area contributed by atoms with E-state index in [1.54, 1.807) is 12.1 Å². The van der Waals surface area contributed by atoms with Gasteiger partial charge in [0.25, 0.3) is 0 Å². The van der Waals surface area contributed by atoms with E-state index in [0.29, 0.717) is 5.56 Å². The first-order valence-electron chi connectivity index (χ1n) is 9.85. The average Bonchev–Trinajstić information content (AvgIpc) is 2.65. The number of hydrogen-bond acceptors (Lipinski definition) is 3. The van der Waals surface area contributed by atoms with E-state index in [2.05, 4.69) is 24.4 Å². The number of carbonyl (C=O) groups is 1. The van der Waals surface area contributed by atoms with Gasteiger partial charge in [-0.05, 0) is 49.9 Å². The molecule has 1 N–H and O–H groups in total. The molecule has 0 aliphatic heterocycles. The van der Waals surface area contributed by atoms with E-state index in [0.717, 1.165) is 25.1 Å². The zero-order chi connectivity index (χ0) is 18.2. The summed E-state index contributed by atoms with van der Waals surface area (Å²) in [6, 6.07) is 7.41. The number of ether oxygens (including phenoxy) is 1. The van der Waals surface area contributed by atoms with Gasteiger partial charge in [-0.25, -0.2) is 4.79 Å². The fourth-order valence-corrected chi connectivity index (χ4v) is 2.75. The molecule has 3 nitrogen and oxygen atoms in total. The number of methoxy groups -OCH3 is 1.